The van der Waals surface area contributed by atoms with Crippen molar-refractivity contribution in [1.82, 2.24) is 5.32 Å². The zero-order chi connectivity index (χ0) is 16.7. The molecule has 0 fully saturated rings. The van der Waals surface area contributed by atoms with E-state index in [9.17, 15) is 9.90 Å². The monoisotopic (exact) mass is 316 g/mol. The molecule has 1 aromatic heterocycles. The van der Waals surface area contributed by atoms with Crippen LogP contribution in [0.2, 0.25) is 0 Å². The van der Waals surface area contributed by atoms with Gasteiger partial charge >= 0.3 is 6.03 Å². The number of furan rings is 1. The second-order valence-corrected chi connectivity index (χ2v) is 5.14. The lowest BCUT2D eigenvalue weighted by molar-refractivity contribution is 0.149. The fourth-order valence-corrected chi connectivity index (χ4v) is 1.82. The van der Waals surface area contributed by atoms with Gasteiger partial charge in [-0.2, -0.15) is 0 Å². The predicted molar refractivity (Wildman–Crippen MR) is 87.4 cm³/mol. The largest absolute Gasteiger partial charge is 0.489 e. The van der Waals surface area contributed by atoms with Crippen LogP contribution in [0.15, 0.2) is 59.2 Å². The van der Waals surface area contributed by atoms with Gasteiger partial charge in [-0.15, -0.1) is 0 Å². The van der Waals surface area contributed by atoms with Crippen LogP contribution in [0.3, 0.4) is 0 Å². The van der Waals surface area contributed by atoms with E-state index in [1.165, 1.54) is 6.26 Å². The minimum atomic E-state index is -0.888. The first kappa shape index (κ1) is 16.6. The molecule has 0 aliphatic carbocycles. The Hall–Kier alpha value is -2.73. The maximum atomic E-state index is 11.8. The summed E-state index contributed by atoms with van der Waals surface area (Å²) in [6.45, 7) is 6.11. The van der Waals surface area contributed by atoms with Crippen LogP contribution in [0.1, 0.15) is 18.8 Å². The second-order valence-electron chi connectivity index (χ2n) is 5.14. The average Bonchev–Trinajstić information content (AvgIpc) is 3.05. The van der Waals surface area contributed by atoms with Crippen molar-refractivity contribution in [3.05, 3.63) is 60.6 Å². The van der Waals surface area contributed by atoms with Crippen LogP contribution in [-0.2, 0) is 0 Å². The number of nitrogens with one attached hydrogen (secondary N) is 2. The van der Waals surface area contributed by atoms with Gasteiger partial charge in [-0.05, 0) is 36.8 Å². The quantitative estimate of drug-likeness (QED) is 0.685. The molecule has 1 heterocycles. The minimum Gasteiger partial charge on any atom is -0.489 e. The molecule has 0 radical (unpaired) electrons. The third-order valence-corrected chi connectivity index (χ3v) is 2.90. The van der Waals surface area contributed by atoms with Crippen molar-refractivity contribution in [2.45, 2.75) is 13.0 Å². The van der Waals surface area contributed by atoms with Gasteiger partial charge in [-0.1, -0.05) is 12.6 Å². The van der Waals surface area contributed by atoms with E-state index in [0.717, 1.165) is 5.57 Å². The van der Waals surface area contributed by atoms with E-state index in [4.69, 9.17) is 9.15 Å². The van der Waals surface area contributed by atoms with E-state index >= 15 is 0 Å². The van der Waals surface area contributed by atoms with Crippen molar-refractivity contribution >= 4 is 11.7 Å². The van der Waals surface area contributed by atoms with E-state index in [2.05, 4.69) is 17.2 Å². The Bertz CT molecular complexity index is 652. The molecule has 1 unspecified atom stereocenters. The molecule has 0 aliphatic heterocycles. The van der Waals surface area contributed by atoms with Crippen molar-refractivity contribution in [3.63, 3.8) is 0 Å². The third-order valence-electron chi connectivity index (χ3n) is 2.90. The van der Waals surface area contributed by atoms with Crippen molar-refractivity contribution in [3.8, 4) is 5.75 Å². The van der Waals surface area contributed by atoms with E-state index in [1.54, 1.807) is 36.4 Å². The van der Waals surface area contributed by atoms with Crippen LogP contribution in [0.25, 0.3) is 0 Å². The molecule has 2 rings (SSSR count). The predicted octanol–water partition coefficient (Wildman–Crippen LogP) is 3.09. The summed E-state index contributed by atoms with van der Waals surface area (Å²) in [4.78, 5) is 11.8. The van der Waals surface area contributed by atoms with Crippen LogP contribution in [0, 0.1) is 0 Å². The summed E-state index contributed by atoms with van der Waals surface area (Å²) in [7, 11) is 0. The van der Waals surface area contributed by atoms with Crippen molar-refractivity contribution in [2.75, 3.05) is 18.5 Å². The Labute approximate surface area is 134 Å². The van der Waals surface area contributed by atoms with Gasteiger partial charge in [0.1, 0.15) is 24.2 Å². The van der Waals surface area contributed by atoms with Gasteiger partial charge in [-0.25, -0.2) is 4.79 Å². The summed E-state index contributed by atoms with van der Waals surface area (Å²) < 4.78 is 10.6. The lowest BCUT2D eigenvalue weighted by Crippen LogP contribution is -2.32. The number of carbonyl (C=O) groups is 1. The topological polar surface area (TPSA) is 83.7 Å². The molecule has 3 N–H and O–H groups in total. The third kappa shape index (κ3) is 5.52. The number of carbonyl (C=O) groups excluding carboxylic acids is 1. The fourth-order valence-electron chi connectivity index (χ4n) is 1.82. The van der Waals surface area contributed by atoms with Crippen molar-refractivity contribution < 1.29 is 19.1 Å². The summed E-state index contributed by atoms with van der Waals surface area (Å²) in [6.07, 6.45) is 0.579. The number of amides is 2. The maximum Gasteiger partial charge on any atom is 0.319 e. The molecule has 0 spiro atoms. The Balaban J connectivity index is 1.82. The summed E-state index contributed by atoms with van der Waals surface area (Å²) >= 11 is 0. The number of hydrogen-bond donors (Lipinski definition) is 3. The normalized spacial score (nSPS) is 11.6. The van der Waals surface area contributed by atoms with Gasteiger partial charge in [0.2, 0.25) is 0 Å². The second kappa shape index (κ2) is 8.05. The first-order chi connectivity index (χ1) is 11.0. The smallest absolute Gasteiger partial charge is 0.319 e. The molecule has 2 aromatic rings. The van der Waals surface area contributed by atoms with Gasteiger partial charge in [0.05, 0.1) is 12.8 Å². The van der Waals surface area contributed by atoms with Gasteiger partial charge in [0, 0.05) is 11.8 Å². The van der Waals surface area contributed by atoms with Gasteiger partial charge < -0.3 is 24.9 Å². The van der Waals surface area contributed by atoms with Crippen LogP contribution in [-0.4, -0.2) is 24.3 Å². The number of ether oxygens (including phenoxy) is 1. The first-order valence-electron chi connectivity index (χ1n) is 7.18. The van der Waals surface area contributed by atoms with E-state index in [1.807, 2.05) is 6.92 Å². The molecule has 0 aliphatic rings. The van der Waals surface area contributed by atoms with Gasteiger partial charge in [-0.3, -0.25) is 0 Å². The summed E-state index contributed by atoms with van der Waals surface area (Å²) in [5.41, 5.74) is 1.50. The van der Waals surface area contributed by atoms with Crippen LogP contribution in [0.4, 0.5) is 10.5 Å². The molecule has 0 saturated heterocycles. The van der Waals surface area contributed by atoms with E-state index in [0.29, 0.717) is 23.8 Å². The molecular formula is C17H20N2O4. The molecule has 0 bridgehead atoms. The summed E-state index contributed by atoms with van der Waals surface area (Å²) in [5.74, 6) is 1.04. The molecule has 0 saturated carbocycles. The van der Waals surface area contributed by atoms with Crippen molar-refractivity contribution in [1.29, 1.82) is 0 Å². The highest BCUT2D eigenvalue weighted by molar-refractivity contribution is 5.89. The van der Waals surface area contributed by atoms with Gasteiger partial charge in [0.15, 0.2) is 0 Å². The minimum absolute atomic E-state index is 0.0468. The number of benzene rings is 1. The van der Waals surface area contributed by atoms with Crippen LogP contribution < -0.4 is 15.4 Å². The molecule has 122 valence electrons. The first-order valence-corrected chi connectivity index (χ1v) is 7.18. The highest BCUT2D eigenvalue weighted by Crippen LogP contribution is 2.18. The summed E-state index contributed by atoms with van der Waals surface area (Å²) in [6, 6.07) is 9.93. The lowest BCUT2D eigenvalue weighted by Gasteiger charge is -2.12. The van der Waals surface area contributed by atoms with E-state index < -0.39 is 12.1 Å². The number of anilines is 1. The SMILES string of the molecule is C=C(C)COc1cccc(NC(=O)NCC(O)c2ccco2)c1. The van der Waals surface area contributed by atoms with Gasteiger partial charge in [0.25, 0.3) is 0 Å². The number of rotatable bonds is 7. The number of urea groups is 1. The van der Waals surface area contributed by atoms with E-state index in [-0.39, 0.29) is 6.54 Å². The summed E-state index contributed by atoms with van der Waals surface area (Å²) in [5, 5.41) is 15.1. The molecule has 1 aromatic carbocycles. The highest BCUT2D eigenvalue weighted by Gasteiger charge is 2.11. The number of hydrogen-bond acceptors (Lipinski definition) is 4. The molecule has 6 heteroatoms. The highest BCUT2D eigenvalue weighted by atomic mass is 16.5. The molecular weight excluding hydrogens is 296 g/mol. The van der Waals surface area contributed by atoms with Crippen LogP contribution in [0.5, 0.6) is 5.75 Å². The Morgan fingerprint density at radius 3 is 2.91 bits per heavy atom. The average molecular weight is 316 g/mol. The zero-order valence-electron chi connectivity index (χ0n) is 12.9. The molecule has 2 amide bonds. The Kier molecular flexibility index (Phi) is 5.82. The molecule has 23 heavy (non-hydrogen) atoms. The standard InChI is InChI=1S/C17H20N2O4/c1-12(2)11-23-14-6-3-5-13(9-14)19-17(21)18-10-15(20)16-7-4-8-22-16/h3-9,15,20H,1,10-11H2,2H3,(H2,18,19,21). The molecule has 6 nitrogen and oxygen atoms in total. The number of aliphatic hydroxyl groups is 1. The van der Waals surface area contributed by atoms with Crippen LogP contribution >= 0.6 is 0 Å². The van der Waals surface area contributed by atoms with Crippen molar-refractivity contribution in [2.24, 2.45) is 0 Å². The Morgan fingerprint density at radius 2 is 2.22 bits per heavy atom. The Morgan fingerprint density at radius 1 is 1.39 bits per heavy atom. The maximum absolute atomic E-state index is 11.8. The zero-order valence-corrected chi connectivity index (χ0v) is 12.9. The fraction of sp³-hybridized carbons (Fsp3) is 0.235. The number of aliphatic hydroxyl groups excluding tert-OH is 1. The molecule has 1 atom stereocenters. The lowest BCUT2D eigenvalue weighted by atomic mass is 10.3.